The number of rotatable bonds is 5. The lowest BCUT2D eigenvalue weighted by Crippen LogP contribution is -2.54. The van der Waals surface area contributed by atoms with Crippen molar-refractivity contribution in [3.63, 3.8) is 0 Å². The highest BCUT2D eigenvalue weighted by atomic mass is 16.5. The Balaban J connectivity index is 1.31. The smallest absolute Gasteiger partial charge is 0.323 e. The van der Waals surface area contributed by atoms with Crippen LogP contribution in [0.1, 0.15) is 47.3 Å². The molecule has 0 saturated carbocycles. The number of amidine groups is 1. The number of amides is 4. The number of carbonyl (C=O) groups is 3. The lowest BCUT2D eigenvalue weighted by Gasteiger charge is -2.26. The van der Waals surface area contributed by atoms with Gasteiger partial charge in [0, 0.05) is 55.5 Å². The van der Waals surface area contributed by atoms with E-state index in [1.165, 1.54) is 12.0 Å². The van der Waals surface area contributed by atoms with Gasteiger partial charge in [-0.05, 0) is 50.1 Å². The maximum atomic E-state index is 13.1. The van der Waals surface area contributed by atoms with Gasteiger partial charge < -0.3 is 19.9 Å². The molecule has 1 unspecified atom stereocenters. The molecule has 40 heavy (non-hydrogen) atoms. The maximum Gasteiger partial charge on any atom is 0.323 e. The fourth-order valence-corrected chi connectivity index (χ4v) is 5.36. The fraction of sp³-hybridized carbons (Fsp3) is 0.400. The van der Waals surface area contributed by atoms with Gasteiger partial charge in [-0.1, -0.05) is 30.0 Å². The van der Waals surface area contributed by atoms with Crippen LogP contribution < -0.4 is 15.4 Å². The third-order valence-corrected chi connectivity index (χ3v) is 7.72. The Morgan fingerprint density at radius 1 is 1.07 bits per heavy atom. The van der Waals surface area contributed by atoms with Crippen LogP contribution in [0.2, 0.25) is 0 Å². The van der Waals surface area contributed by atoms with Crippen molar-refractivity contribution in [2.45, 2.75) is 38.4 Å². The minimum atomic E-state index is -1.58. The van der Waals surface area contributed by atoms with Crippen LogP contribution in [0, 0.1) is 17.3 Å². The van der Waals surface area contributed by atoms with Crippen molar-refractivity contribution in [2.24, 2.45) is 0 Å². The highest BCUT2D eigenvalue weighted by molar-refractivity contribution is 6.10. The number of hydrogen-bond donors (Lipinski definition) is 3. The van der Waals surface area contributed by atoms with Crippen LogP contribution >= 0.6 is 0 Å². The summed E-state index contributed by atoms with van der Waals surface area (Å²) in [5, 5.41) is 13.6. The summed E-state index contributed by atoms with van der Waals surface area (Å²) in [6.45, 7) is 8.21. The normalized spacial score (nSPS) is 20.9. The molecule has 3 N–H and O–H groups in total. The van der Waals surface area contributed by atoms with E-state index in [0.717, 1.165) is 43.7 Å². The van der Waals surface area contributed by atoms with Crippen molar-refractivity contribution in [2.75, 3.05) is 39.8 Å². The Bertz CT molecular complexity index is 1410. The summed E-state index contributed by atoms with van der Waals surface area (Å²) in [7, 11) is 1.53. The van der Waals surface area contributed by atoms with Gasteiger partial charge in [0.2, 0.25) is 5.54 Å². The van der Waals surface area contributed by atoms with E-state index in [1.807, 2.05) is 18.2 Å². The molecule has 0 spiro atoms. The Morgan fingerprint density at radius 2 is 1.85 bits per heavy atom. The monoisotopic (exact) mass is 542 g/mol. The molecule has 0 aliphatic carbocycles. The van der Waals surface area contributed by atoms with Crippen LogP contribution in [-0.4, -0.2) is 89.8 Å². The van der Waals surface area contributed by atoms with E-state index in [1.54, 1.807) is 24.3 Å². The van der Waals surface area contributed by atoms with Crippen molar-refractivity contribution in [3.8, 4) is 17.6 Å². The topological polar surface area (TPSA) is 118 Å². The van der Waals surface area contributed by atoms with E-state index in [-0.39, 0.29) is 12.5 Å². The molecule has 3 aliphatic rings. The summed E-state index contributed by atoms with van der Waals surface area (Å²) in [5.74, 6) is 6.15. The Hall–Kier alpha value is -4.36. The minimum absolute atomic E-state index is 0.0987. The Kier molecular flexibility index (Phi) is 7.50. The van der Waals surface area contributed by atoms with Crippen LogP contribution in [0.15, 0.2) is 42.5 Å². The number of imide groups is 1. The maximum absolute atomic E-state index is 13.1. The van der Waals surface area contributed by atoms with Crippen molar-refractivity contribution in [3.05, 3.63) is 64.7 Å². The van der Waals surface area contributed by atoms with Crippen LogP contribution in [0.3, 0.4) is 0 Å². The van der Waals surface area contributed by atoms with E-state index >= 15 is 0 Å². The summed E-state index contributed by atoms with van der Waals surface area (Å²) in [6.07, 6.45) is 1.01. The van der Waals surface area contributed by atoms with Gasteiger partial charge in [-0.25, -0.2) is 4.79 Å². The second-order valence-electron chi connectivity index (χ2n) is 10.6. The van der Waals surface area contributed by atoms with Gasteiger partial charge in [0.1, 0.15) is 11.6 Å². The average Bonchev–Trinajstić information content (AvgIpc) is 3.26. The van der Waals surface area contributed by atoms with Gasteiger partial charge in [-0.2, -0.15) is 0 Å². The zero-order valence-electron chi connectivity index (χ0n) is 23.0. The first kappa shape index (κ1) is 27.2. The molecule has 208 valence electrons. The number of fused-ring (bicyclic) bond motifs is 1. The number of benzene rings is 2. The minimum Gasteiger partial charge on any atom is -0.497 e. The zero-order chi connectivity index (χ0) is 28.4. The van der Waals surface area contributed by atoms with Gasteiger partial charge in [-0.3, -0.25) is 25.2 Å². The van der Waals surface area contributed by atoms with E-state index in [0.29, 0.717) is 35.3 Å². The quantitative estimate of drug-likeness (QED) is 0.230. The number of urea groups is 1. The molecule has 2 aromatic carbocycles. The van der Waals surface area contributed by atoms with Crippen LogP contribution in [0.5, 0.6) is 5.75 Å². The summed E-state index contributed by atoms with van der Waals surface area (Å²) in [4.78, 5) is 44.2. The molecule has 3 heterocycles. The van der Waals surface area contributed by atoms with Gasteiger partial charge in [0.05, 0.1) is 13.7 Å². The average molecular weight is 543 g/mol. The molecule has 0 bridgehead atoms. The standard InChI is InChI=1S/C30H34N6O4/c1-20(2)34-13-4-14-35(16-15-34)26(31)22-7-5-21(6-8-22)11-12-30(28(38)32-29(39)33-30)19-36-18-23-9-10-24(40-3)17-25(23)27(36)37/h5-10,17,20,31H,4,13-16,18-19H2,1-3H3,(H2,32,33,38,39). The third kappa shape index (κ3) is 5.38. The molecule has 2 fully saturated rings. The molecule has 3 aliphatic heterocycles. The first-order valence-corrected chi connectivity index (χ1v) is 13.5. The predicted octanol–water partition coefficient (Wildman–Crippen LogP) is 2.02. The number of nitrogens with zero attached hydrogens (tertiary/aromatic N) is 3. The lowest BCUT2D eigenvalue weighted by atomic mass is 9.99. The molecule has 4 amide bonds. The van der Waals surface area contributed by atoms with Gasteiger partial charge in [0.15, 0.2) is 0 Å². The fourth-order valence-electron chi connectivity index (χ4n) is 5.36. The largest absolute Gasteiger partial charge is 0.497 e. The van der Waals surface area contributed by atoms with Crippen molar-refractivity contribution in [1.82, 2.24) is 25.3 Å². The molecule has 2 aromatic rings. The van der Waals surface area contributed by atoms with Gasteiger partial charge in [0.25, 0.3) is 11.8 Å². The Labute approximate surface area is 234 Å². The van der Waals surface area contributed by atoms with Gasteiger partial charge >= 0.3 is 6.03 Å². The molecular formula is C30H34N6O4. The number of hydrogen-bond acceptors (Lipinski definition) is 6. The predicted molar refractivity (Wildman–Crippen MR) is 150 cm³/mol. The van der Waals surface area contributed by atoms with Gasteiger partial charge in [-0.15, -0.1) is 0 Å². The molecule has 10 nitrogen and oxygen atoms in total. The summed E-state index contributed by atoms with van der Waals surface area (Å²) in [5.41, 5.74) is 1.16. The molecule has 5 rings (SSSR count). The Morgan fingerprint density at radius 3 is 2.52 bits per heavy atom. The van der Waals surface area contributed by atoms with E-state index < -0.39 is 17.5 Å². The summed E-state index contributed by atoms with van der Waals surface area (Å²) < 4.78 is 5.24. The first-order valence-electron chi connectivity index (χ1n) is 13.5. The SMILES string of the molecule is COc1ccc2c(c1)C(=O)N(CC1(C#Cc3ccc(C(=N)N4CCCN(C(C)C)CC4)cc3)NC(=O)NC1=O)C2. The number of nitrogens with one attached hydrogen (secondary N) is 3. The summed E-state index contributed by atoms with van der Waals surface area (Å²) in [6, 6.07) is 12.4. The molecule has 2 saturated heterocycles. The molecular weight excluding hydrogens is 508 g/mol. The number of methoxy groups -OCH3 is 1. The second kappa shape index (κ2) is 11.0. The molecule has 10 heteroatoms. The zero-order valence-corrected chi connectivity index (χ0v) is 23.0. The number of carbonyl (C=O) groups excluding carboxylic acids is 3. The van der Waals surface area contributed by atoms with E-state index in [2.05, 4.69) is 46.1 Å². The highest BCUT2D eigenvalue weighted by Crippen LogP contribution is 2.28. The second-order valence-corrected chi connectivity index (χ2v) is 10.6. The van der Waals surface area contributed by atoms with Crippen LogP contribution in [0.25, 0.3) is 0 Å². The molecule has 0 aromatic heterocycles. The molecule has 1 atom stereocenters. The molecule has 0 radical (unpaired) electrons. The third-order valence-electron chi connectivity index (χ3n) is 7.72. The van der Waals surface area contributed by atoms with Crippen LogP contribution in [-0.2, 0) is 11.3 Å². The first-order chi connectivity index (χ1) is 19.2. The van der Waals surface area contributed by atoms with Crippen LogP contribution in [0.4, 0.5) is 4.79 Å². The van der Waals surface area contributed by atoms with E-state index in [4.69, 9.17) is 10.1 Å². The number of ether oxygens (including phenoxy) is 1. The lowest BCUT2D eigenvalue weighted by molar-refractivity contribution is -0.122. The van der Waals surface area contributed by atoms with Crippen molar-refractivity contribution >= 4 is 23.7 Å². The summed E-state index contributed by atoms with van der Waals surface area (Å²) >= 11 is 0. The van der Waals surface area contributed by atoms with Crippen molar-refractivity contribution in [1.29, 1.82) is 5.41 Å². The van der Waals surface area contributed by atoms with Crippen molar-refractivity contribution < 1.29 is 19.1 Å². The highest BCUT2D eigenvalue weighted by Gasteiger charge is 2.48. The van der Waals surface area contributed by atoms with E-state index in [9.17, 15) is 14.4 Å².